The number of anilines is 1. The van der Waals surface area contributed by atoms with Crippen LogP contribution in [0, 0.1) is 5.82 Å². The summed E-state index contributed by atoms with van der Waals surface area (Å²) in [6, 6.07) is 8.35. The summed E-state index contributed by atoms with van der Waals surface area (Å²) >= 11 is 0. The molecular formula is C25H28FN5. The number of hydrogen-bond acceptors (Lipinski definition) is 4. The lowest BCUT2D eigenvalue weighted by Gasteiger charge is -2.33. The fraction of sp³-hybridized carbons (Fsp3) is 0.440. The van der Waals surface area contributed by atoms with E-state index in [0.717, 1.165) is 62.2 Å². The molecule has 6 rings (SSSR count). The number of piperidine rings is 2. The number of likely N-dealkylation sites (tertiary alicyclic amines) is 1. The summed E-state index contributed by atoms with van der Waals surface area (Å²) in [5.41, 5.74) is 6.72. The molecule has 3 aromatic rings. The van der Waals surface area contributed by atoms with Crippen LogP contribution in [0.5, 0.6) is 0 Å². The van der Waals surface area contributed by atoms with Gasteiger partial charge in [0.05, 0.1) is 22.9 Å². The molecule has 2 fully saturated rings. The SMILES string of the molecule is Fc1cnc2c(C3CCN(c4ccc5c(c4)N=C(N4CCCCC4)C5)CC3)c[nH]c2c1. The van der Waals surface area contributed by atoms with Crippen LogP contribution in [-0.2, 0) is 6.42 Å². The van der Waals surface area contributed by atoms with E-state index in [2.05, 4.69) is 38.0 Å². The van der Waals surface area contributed by atoms with Crippen molar-refractivity contribution in [3.05, 3.63) is 53.6 Å². The Morgan fingerprint density at radius 2 is 1.81 bits per heavy atom. The summed E-state index contributed by atoms with van der Waals surface area (Å²) in [5.74, 6) is 1.42. The Labute approximate surface area is 182 Å². The highest BCUT2D eigenvalue weighted by molar-refractivity contribution is 5.93. The third-order valence-corrected chi connectivity index (χ3v) is 7.20. The lowest BCUT2D eigenvalue weighted by atomic mass is 9.90. The predicted octanol–water partition coefficient (Wildman–Crippen LogP) is 5.16. The molecule has 0 saturated carbocycles. The lowest BCUT2D eigenvalue weighted by molar-refractivity contribution is 0.339. The average Bonchev–Trinajstić information content (AvgIpc) is 3.43. The van der Waals surface area contributed by atoms with Crippen LogP contribution >= 0.6 is 0 Å². The molecule has 0 radical (unpaired) electrons. The monoisotopic (exact) mass is 417 g/mol. The average molecular weight is 418 g/mol. The molecule has 6 heteroatoms. The van der Waals surface area contributed by atoms with Crippen molar-refractivity contribution in [3.63, 3.8) is 0 Å². The van der Waals surface area contributed by atoms with E-state index in [4.69, 9.17) is 4.99 Å². The molecule has 1 aromatic carbocycles. The Hall–Kier alpha value is -2.89. The van der Waals surface area contributed by atoms with Crippen LogP contribution in [-0.4, -0.2) is 46.9 Å². The molecule has 0 bridgehead atoms. The number of benzene rings is 1. The normalized spacial score (nSPS) is 19.7. The van der Waals surface area contributed by atoms with Gasteiger partial charge in [-0.3, -0.25) is 4.98 Å². The fourth-order valence-electron chi connectivity index (χ4n) is 5.45. The largest absolute Gasteiger partial charge is 0.371 e. The molecule has 0 aliphatic carbocycles. The van der Waals surface area contributed by atoms with E-state index in [-0.39, 0.29) is 5.82 Å². The molecule has 0 atom stereocenters. The summed E-state index contributed by atoms with van der Waals surface area (Å²) < 4.78 is 13.5. The number of aromatic amines is 1. The van der Waals surface area contributed by atoms with Gasteiger partial charge in [-0.2, -0.15) is 0 Å². The second-order valence-corrected chi connectivity index (χ2v) is 9.12. The smallest absolute Gasteiger partial charge is 0.143 e. The van der Waals surface area contributed by atoms with Crippen molar-refractivity contribution in [2.24, 2.45) is 4.99 Å². The molecule has 0 unspecified atom stereocenters. The summed E-state index contributed by atoms with van der Waals surface area (Å²) in [6.45, 7) is 4.34. The maximum atomic E-state index is 13.5. The summed E-state index contributed by atoms with van der Waals surface area (Å²) in [5, 5.41) is 0. The Morgan fingerprint density at radius 3 is 2.65 bits per heavy atom. The Balaban J connectivity index is 1.16. The van der Waals surface area contributed by atoms with Crippen LogP contribution in [0.1, 0.15) is 49.1 Å². The van der Waals surface area contributed by atoms with Crippen molar-refractivity contribution in [3.8, 4) is 0 Å². The molecule has 31 heavy (non-hydrogen) atoms. The third kappa shape index (κ3) is 3.48. The van der Waals surface area contributed by atoms with E-state index in [1.807, 2.05) is 6.20 Å². The summed E-state index contributed by atoms with van der Waals surface area (Å²) in [4.78, 5) is 17.5. The van der Waals surface area contributed by atoms with Gasteiger partial charge in [0.2, 0.25) is 0 Å². The van der Waals surface area contributed by atoms with Crippen LogP contribution in [0.2, 0.25) is 0 Å². The van der Waals surface area contributed by atoms with Crippen molar-refractivity contribution >= 4 is 28.2 Å². The first-order valence-electron chi connectivity index (χ1n) is 11.6. The number of nitrogens with zero attached hydrogens (tertiary/aromatic N) is 4. The van der Waals surface area contributed by atoms with Gasteiger partial charge < -0.3 is 14.8 Å². The molecule has 3 aliphatic heterocycles. The van der Waals surface area contributed by atoms with Crippen LogP contribution in [0.4, 0.5) is 15.8 Å². The first kappa shape index (κ1) is 18.8. The topological polar surface area (TPSA) is 47.5 Å². The fourth-order valence-corrected chi connectivity index (χ4v) is 5.45. The van der Waals surface area contributed by atoms with Gasteiger partial charge in [0.25, 0.3) is 0 Å². The van der Waals surface area contributed by atoms with Gasteiger partial charge in [-0.05, 0) is 61.3 Å². The number of H-pyrrole nitrogens is 1. The number of aliphatic imine (C=N–C) groups is 1. The molecule has 2 aromatic heterocycles. The van der Waals surface area contributed by atoms with Gasteiger partial charge in [0.15, 0.2) is 0 Å². The van der Waals surface area contributed by atoms with E-state index in [1.54, 1.807) is 0 Å². The number of pyridine rings is 1. The predicted molar refractivity (Wildman–Crippen MR) is 123 cm³/mol. The van der Waals surface area contributed by atoms with Crippen molar-refractivity contribution in [1.82, 2.24) is 14.9 Å². The number of fused-ring (bicyclic) bond motifs is 2. The first-order valence-corrected chi connectivity index (χ1v) is 11.6. The maximum Gasteiger partial charge on any atom is 0.143 e. The zero-order valence-electron chi connectivity index (χ0n) is 17.8. The van der Waals surface area contributed by atoms with E-state index in [1.165, 1.54) is 54.2 Å². The van der Waals surface area contributed by atoms with E-state index in [9.17, 15) is 4.39 Å². The van der Waals surface area contributed by atoms with Crippen LogP contribution in [0.3, 0.4) is 0 Å². The van der Waals surface area contributed by atoms with Gasteiger partial charge in [-0.15, -0.1) is 0 Å². The van der Waals surface area contributed by atoms with Crippen molar-refractivity contribution in [2.45, 2.75) is 44.4 Å². The van der Waals surface area contributed by atoms with Gasteiger partial charge in [-0.1, -0.05) is 6.07 Å². The van der Waals surface area contributed by atoms with Gasteiger partial charge in [0, 0.05) is 50.6 Å². The first-order chi connectivity index (χ1) is 15.2. The van der Waals surface area contributed by atoms with E-state index < -0.39 is 0 Å². The van der Waals surface area contributed by atoms with Gasteiger partial charge in [0.1, 0.15) is 11.7 Å². The van der Waals surface area contributed by atoms with Crippen LogP contribution < -0.4 is 4.90 Å². The zero-order chi connectivity index (χ0) is 20.8. The highest BCUT2D eigenvalue weighted by Gasteiger charge is 2.26. The molecule has 0 spiro atoms. The minimum absolute atomic E-state index is 0.293. The van der Waals surface area contributed by atoms with Crippen LogP contribution in [0.25, 0.3) is 11.0 Å². The quantitative estimate of drug-likeness (QED) is 0.627. The van der Waals surface area contributed by atoms with Gasteiger partial charge in [-0.25, -0.2) is 9.38 Å². The Bertz CT molecular complexity index is 1140. The molecule has 2 saturated heterocycles. The van der Waals surface area contributed by atoms with Crippen molar-refractivity contribution in [2.75, 3.05) is 31.1 Å². The van der Waals surface area contributed by atoms with Crippen LogP contribution in [0.15, 0.2) is 41.7 Å². The number of amidine groups is 1. The summed E-state index contributed by atoms with van der Waals surface area (Å²) in [6.07, 6.45) is 10.4. The molecule has 1 N–H and O–H groups in total. The minimum atomic E-state index is -0.293. The number of aromatic nitrogens is 2. The Kier molecular flexibility index (Phi) is 4.66. The maximum absolute atomic E-state index is 13.5. The Morgan fingerprint density at radius 1 is 0.968 bits per heavy atom. The standard InChI is InChI=1S/C25H28FN5/c26-19-13-23-25(28-15-19)21(16-27-23)17-6-10-30(11-7-17)20-5-4-18-12-24(29-22(18)14-20)31-8-2-1-3-9-31/h4-5,13-17,27H,1-3,6-12H2. The molecule has 3 aliphatic rings. The molecule has 0 amide bonds. The molecule has 5 nitrogen and oxygen atoms in total. The van der Waals surface area contributed by atoms with E-state index in [0.29, 0.717) is 5.92 Å². The van der Waals surface area contributed by atoms with Crippen molar-refractivity contribution < 1.29 is 4.39 Å². The summed E-state index contributed by atoms with van der Waals surface area (Å²) in [7, 11) is 0. The van der Waals surface area contributed by atoms with E-state index >= 15 is 0 Å². The number of nitrogens with one attached hydrogen (secondary N) is 1. The number of rotatable bonds is 2. The van der Waals surface area contributed by atoms with Gasteiger partial charge >= 0.3 is 0 Å². The molecule has 160 valence electrons. The zero-order valence-corrected chi connectivity index (χ0v) is 17.8. The molecule has 5 heterocycles. The number of hydrogen-bond donors (Lipinski definition) is 1. The highest BCUT2D eigenvalue weighted by Crippen LogP contribution is 2.37. The molecular weight excluding hydrogens is 389 g/mol. The second-order valence-electron chi connectivity index (χ2n) is 9.12. The lowest BCUT2D eigenvalue weighted by Crippen LogP contribution is -2.35. The minimum Gasteiger partial charge on any atom is -0.371 e. The highest BCUT2D eigenvalue weighted by atomic mass is 19.1. The second kappa shape index (κ2) is 7.66. The van der Waals surface area contributed by atoms with Crippen molar-refractivity contribution in [1.29, 1.82) is 0 Å². The third-order valence-electron chi connectivity index (χ3n) is 7.20. The number of halogens is 1.